The van der Waals surface area contributed by atoms with Gasteiger partial charge in [0.1, 0.15) is 12.2 Å². The molecule has 10 heteroatoms. The zero-order chi connectivity index (χ0) is 20.5. The van der Waals surface area contributed by atoms with Crippen LogP contribution in [0.25, 0.3) is 0 Å². The zero-order valence-corrected chi connectivity index (χ0v) is 16.0. The summed E-state index contributed by atoms with van der Waals surface area (Å²) in [5, 5.41) is 0. The molecule has 0 spiro atoms. The average Bonchev–Trinajstić information content (AvgIpc) is 2.80. The van der Waals surface area contributed by atoms with E-state index in [1.54, 1.807) is 13.8 Å². The summed E-state index contributed by atoms with van der Waals surface area (Å²) in [6.45, 7) is 7.92. The van der Waals surface area contributed by atoms with E-state index in [0.29, 0.717) is 0 Å². The number of hydrogen-bond donors (Lipinski definition) is 0. The predicted molar refractivity (Wildman–Crippen MR) is 86.0 cm³/mol. The first-order chi connectivity index (χ1) is 12.4. The molecule has 0 aromatic rings. The second-order valence-electron chi connectivity index (χ2n) is 6.86. The summed E-state index contributed by atoms with van der Waals surface area (Å²) in [5.74, 6) is -3.81. The number of carbonyl (C=O) groups excluding carboxylic acids is 4. The van der Waals surface area contributed by atoms with Crippen LogP contribution in [0.3, 0.4) is 0 Å². The van der Waals surface area contributed by atoms with Gasteiger partial charge in [0.25, 0.3) is 0 Å². The van der Waals surface area contributed by atoms with Crippen LogP contribution < -0.4 is 0 Å². The highest BCUT2D eigenvalue weighted by Crippen LogP contribution is 2.41. The lowest BCUT2D eigenvalue weighted by atomic mass is 9.84. The molecule has 1 saturated heterocycles. The predicted octanol–water partition coefficient (Wildman–Crippen LogP) is 0.247. The van der Waals surface area contributed by atoms with E-state index >= 15 is 0 Å². The molecule has 1 heterocycles. The van der Waals surface area contributed by atoms with E-state index < -0.39 is 66.3 Å². The standard InChI is InChI=1S/C17H24O10/c1-7(18)22-11-12(23-8(2)19)14(25-10(4)21)16-15(13(11)24-9(3)20)26-17(5,6)27-16/h11-16H,1-6H3/t11-,12+,13-,14+,15-,16-/m0/s1. The molecule has 1 aliphatic carbocycles. The zero-order valence-electron chi connectivity index (χ0n) is 16.0. The Hall–Kier alpha value is -2.20. The molecule has 2 aliphatic rings. The number of carbonyl (C=O) groups is 4. The lowest BCUT2D eigenvalue weighted by molar-refractivity contribution is -0.234. The number of esters is 4. The van der Waals surface area contributed by atoms with Crippen LogP contribution in [0.4, 0.5) is 0 Å². The lowest BCUT2D eigenvalue weighted by Gasteiger charge is -2.44. The normalized spacial score (nSPS) is 34.1. The summed E-state index contributed by atoms with van der Waals surface area (Å²) in [6, 6.07) is 0. The number of fused-ring (bicyclic) bond motifs is 1. The van der Waals surface area contributed by atoms with E-state index in [1.807, 2.05) is 0 Å². The van der Waals surface area contributed by atoms with E-state index in [0.717, 1.165) is 13.8 Å². The lowest BCUT2D eigenvalue weighted by Crippen LogP contribution is -2.66. The average molecular weight is 388 g/mol. The van der Waals surface area contributed by atoms with Gasteiger partial charge in [-0.1, -0.05) is 0 Å². The fraction of sp³-hybridized carbons (Fsp3) is 0.765. The molecule has 0 unspecified atom stereocenters. The van der Waals surface area contributed by atoms with Crippen LogP contribution in [-0.2, 0) is 47.6 Å². The minimum Gasteiger partial charge on any atom is -0.456 e. The highest BCUT2D eigenvalue weighted by molar-refractivity contribution is 5.69. The fourth-order valence-electron chi connectivity index (χ4n) is 3.38. The first kappa shape index (κ1) is 21.1. The molecule has 152 valence electrons. The Morgan fingerprint density at radius 3 is 1.11 bits per heavy atom. The summed E-state index contributed by atoms with van der Waals surface area (Å²) >= 11 is 0. The van der Waals surface area contributed by atoms with Crippen LogP contribution in [0, 0.1) is 0 Å². The van der Waals surface area contributed by atoms with Crippen molar-refractivity contribution in [2.45, 2.75) is 84.0 Å². The van der Waals surface area contributed by atoms with Crippen molar-refractivity contribution in [3.05, 3.63) is 0 Å². The highest BCUT2D eigenvalue weighted by Gasteiger charge is 2.63. The maximum Gasteiger partial charge on any atom is 0.303 e. The summed E-state index contributed by atoms with van der Waals surface area (Å²) in [7, 11) is 0. The van der Waals surface area contributed by atoms with Crippen LogP contribution in [0.1, 0.15) is 41.5 Å². The quantitative estimate of drug-likeness (QED) is 0.489. The van der Waals surface area contributed by atoms with E-state index in [9.17, 15) is 19.2 Å². The summed E-state index contributed by atoms with van der Waals surface area (Å²) < 4.78 is 32.9. The van der Waals surface area contributed by atoms with Crippen molar-refractivity contribution < 1.29 is 47.6 Å². The van der Waals surface area contributed by atoms with Gasteiger partial charge in [0.15, 0.2) is 30.2 Å². The van der Waals surface area contributed by atoms with Crippen molar-refractivity contribution in [3.63, 3.8) is 0 Å². The molecule has 0 aromatic heterocycles. The van der Waals surface area contributed by atoms with Crippen LogP contribution >= 0.6 is 0 Å². The van der Waals surface area contributed by atoms with Gasteiger partial charge < -0.3 is 28.4 Å². The van der Waals surface area contributed by atoms with Crippen molar-refractivity contribution in [2.75, 3.05) is 0 Å². The van der Waals surface area contributed by atoms with Crippen molar-refractivity contribution in [2.24, 2.45) is 0 Å². The van der Waals surface area contributed by atoms with Crippen LogP contribution in [0.2, 0.25) is 0 Å². The molecule has 6 atom stereocenters. The second kappa shape index (κ2) is 7.81. The molecule has 1 aliphatic heterocycles. The first-order valence-corrected chi connectivity index (χ1v) is 8.46. The van der Waals surface area contributed by atoms with E-state index in [2.05, 4.69) is 0 Å². The molecule has 0 bridgehead atoms. The number of rotatable bonds is 4. The van der Waals surface area contributed by atoms with Crippen LogP contribution in [0.15, 0.2) is 0 Å². The van der Waals surface area contributed by atoms with Crippen molar-refractivity contribution in [1.29, 1.82) is 0 Å². The second-order valence-corrected chi connectivity index (χ2v) is 6.86. The Balaban J connectivity index is 2.52. The molecule has 2 fully saturated rings. The Labute approximate surface area is 156 Å². The van der Waals surface area contributed by atoms with Gasteiger partial charge in [-0.15, -0.1) is 0 Å². The van der Waals surface area contributed by atoms with Crippen molar-refractivity contribution in [1.82, 2.24) is 0 Å². The smallest absolute Gasteiger partial charge is 0.303 e. The Morgan fingerprint density at radius 2 is 0.852 bits per heavy atom. The maximum atomic E-state index is 11.6. The van der Waals surface area contributed by atoms with E-state index in [1.165, 1.54) is 13.8 Å². The van der Waals surface area contributed by atoms with Crippen LogP contribution in [-0.4, -0.2) is 66.3 Å². The maximum absolute atomic E-state index is 11.6. The van der Waals surface area contributed by atoms with Gasteiger partial charge in [0, 0.05) is 27.7 Å². The molecule has 0 aromatic carbocycles. The molecular formula is C17H24O10. The molecule has 0 radical (unpaired) electrons. The van der Waals surface area contributed by atoms with Crippen molar-refractivity contribution in [3.8, 4) is 0 Å². The van der Waals surface area contributed by atoms with Gasteiger partial charge in [-0.3, -0.25) is 19.2 Å². The largest absolute Gasteiger partial charge is 0.456 e. The van der Waals surface area contributed by atoms with E-state index in [-0.39, 0.29) is 0 Å². The molecule has 27 heavy (non-hydrogen) atoms. The third-order valence-corrected chi connectivity index (χ3v) is 3.99. The van der Waals surface area contributed by atoms with E-state index in [4.69, 9.17) is 28.4 Å². The van der Waals surface area contributed by atoms with Crippen molar-refractivity contribution >= 4 is 23.9 Å². The Bertz CT molecular complexity index is 575. The topological polar surface area (TPSA) is 124 Å². The number of ether oxygens (including phenoxy) is 6. The van der Waals surface area contributed by atoms with Crippen LogP contribution in [0.5, 0.6) is 0 Å². The third kappa shape index (κ3) is 4.95. The summed E-state index contributed by atoms with van der Waals surface area (Å²) in [4.78, 5) is 46.5. The molecule has 0 amide bonds. The van der Waals surface area contributed by atoms with Gasteiger partial charge in [-0.2, -0.15) is 0 Å². The SMILES string of the molecule is CC(=O)O[C@@H]1[C@H](OC(C)=O)[C@H](OC(C)=O)[C@@H]2OC(C)(C)O[C@H]2[C@@H]1OC(C)=O. The molecule has 1 saturated carbocycles. The minimum absolute atomic E-state index is 0.656. The monoisotopic (exact) mass is 388 g/mol. The van der Waals surface area contributed by atoms with Gasteiger partial charge in [0.2, 0.25) is 0 Å². The van der Waals surface area contributed by atoms with Gasteiger partial charge in [-0.05, 0) is 13.8 Å². The molecule has 0 N–H and O–H groups in total. The summed E-state index contributed by atoms with van der Waals surface area (Å²) in [6.07, 6.45) is -6.59. The minimum atomic E-state index is -1.25. The summed E-state index contributed by atoms with van der Waals surface area (Å²) in [5.41, 5.74) is 0. The highest BCUT2D eigenvalue weighted by atomic mass is 16.8. The Morgan fingerprint density at radius 1 is 0.593 bits per heavy atom. The van der Waals surface area contributed by atoms with Gasteiger partial charge in [-0.25, -0.2) is 0 Å². The van der Waals surface area contributed by atoms with Gasteiger partial charge in [0.05, 0.1) is 0 Å². The third-order valence-electron chi connectivity index (χ3n) is 3.99. The van der Waals surface area contributed by atoms with Gasteiger partial charge >= 0.3 is 23.9 Å². The first-order valence-electron chi connectivity index (χ1n) is 8.46. The fourth-order valence-corrected chi connectivity index (χ4v) is 3.38. The molecular weight excluding hydrogens is 364 g/mol. The Kier molecular flexibility index (Phi) is 6.10. The molecule has 2 rings (SSSR count). The number of hydrogen-bond acceptors (Lipinski definition) is 10. The molecule has 10 nitrogen and oxygen atoms in total.